The second-order valence-electron chi connectivity index (χ2n) is 5.79. The van der Waals surface area contributed by atoms with Crippen LogP contribution < -0.4 is 5.32 Å². The number of nitrogens with one attached hydrogen (secondary N) is 2. The number of amides is 2. The highest BCUT2D eigenvalue weighted by atomic mass is 32.1. The normalized spacial score (nSPS) is 18.0. The lowest BCUT2D eigenvalue weighted by Crippen LogP contribution is -2.39. The molecule has 0 bridgehead atoms. The van der Waals surface area contributed by atoms with E-state index >= 15 is 0 Å². The molecule has 1 saturated heterocycles. The van der Waals surface area contributed by atoms with Gasteiger partial charge in [-0.2, -0.15) is 5.10 Å². The monoisotopic (exact) mass is 333 g/mol. The summed E-state index contributed by atoms with van der Waals surface area (Å²) in [4.78, 5) is 29.7. The fourth-order valence-corrected chi connectivity index (χ4v) is 3.52. The van der Waals surface area contributed by atoms with Crippen LogP contribution in [0.15, 0.2) is 11.4 Å². The van der Waals surface area contributed by atoms with Crippen molar-refractivity contribution in [3.05, 3.63) is 28.5 Å². The number of aromatic amines is 1. The number of thiazole rings is 1. The van der Waals surface area contributed by atoms with Crippen LogP contribution >= 0.6 is 11.3 Å². The molecule has 0 aromatic carbocycles. The zero-order valence-electron chi connectivity index (χ0n) is 13.1. The van der Waals surface area contributed by atoms with Crippen molar-refractivity contribution in [3.8, 4) is 0 Å². The molecule has 0 aliphatic carbocycles. The number of rotatable bonds is 3. The molecule has 2 aromatic heterocycles. The third-order valence-electron chi connectivity index (χ3n) is 3.86. The van der Waals surface area contributed by atoms with Crippen LogP contribution in [-0.4, -0.2) is 45.0 Å². The first-order chi connectivity index (χ1) is 11.0. The van der Waals surface area contributed by atoms with Crippen molar-refractivity contribution in [2.24, 2.45) is 0 Å². The molecule has 1 fully saturated rings. The summed E-state index contributed by atoms with van der Waals surface area (Å²) in [5, 5.41) is 12.0. The number of nitrogens with zero attached hydrogens (tertiary/aromatic N) is 3. The van der Waals surface area contributed by atoms with E-state index in [0.29, 0.717) is 17.4 Å². The van der Waals surface area contributed by atoms with Gasteiger partial charge in [0.15, 0.2) is 5.13 Å². The third-order valence-corrected chi connectivity index (χ3v) is 4.62. The molecule has 0 radical (unpaired) electrons. The van der Waals surface area contributed by atoms with E-state index < -0.39 is 0 Å². The number of hydrogen-bond donors (Lipinski definition) is 2. The van der Waals surface area contributed by atoms with E-state index in [1.54, 1.807) is 5.38 Å². The maximum absolute atomic E-state index is 12.6. The van der Waals surface area contributed by atoms with Gasteiger partial charge in [0.1, 0.15) is 5.69 Å². The molecular formula is C15H19N5O2S. The van der Waals surface area contributed by atoms with Gasteiger partial charge >= 0.3 is 0 Å². The second-order valence-corrected chi connectivity index (χ2v) is 6.64. The topological polar surface area (TPSA) is 91.0 Å². The number of aryl methyl sites for hydroxylation is 1. The van der Waals surface area contributed by atoms with Crippen LogP contribution in [0.3, 0.4) is 0 Å². The number of H-pyrrole nitrogens is 1. The zero-order valence-corrected chi connectivity index (χ0v) is 13.9. The average molecular weight is 333 g/mol. The van der Waals surface area contributed by atoms with Crippen LogP contribution in [0.25, 0.3) is 0 Å². The Morgan fingerprint density at radius 1 is 1.48 bits per heavy atom. The number of anilines is 1. The second kappa shape index (κ2) is 6.49. The van der Waals surface area contributed by atoms with Crippen LogP contribution in [0.4, 0.5) is 5.13 Å². The van der Waals surface area contributed by atoms with Gasteiger partial charge < -0.3 is 10.2 Å². The van der Waals surface area contributed by atoms with E-state index in [0.717, 1.165) is 30.8 Å². The first-order valence-corrected chi connectivity index (χ1v) is 8.45. The summed E-state index contributed by atoms with van der Waals surface area (Å²) >= 11 is 1.26. The Morgan fingerprint density at radius 3 is 3.00 bits per heavy atom. The van der Waals surface area contributed by atoms with Crippen molar-refractivity contribution in [2.75, 3.05) is 18.4 Å². The van der Waals surface area contributed by atoms with Gasteiger partial charge in [0.25, 0.3) is 5.91 Å². The maximum Gasteiger partial charge on any atom is 0.273 e. The van der Waals surface area contributed by atoms with Crippen molar-refractivity contribution in [3.63, 3.8) is 0 Å². The molecule has 122 valence electrons. The summed E-state index contributed by atoms with van der Waals surface area (Å²) in [7, 11) is 0. The molecular weight excluding hydrogens is 314 g/mol. The highest BCUT2D eigenvalue weighted by Crippen LogP contribution is 2.27. The Morgan fingerprint density at radius 2 is 2.30 bits per heavy atom. The minimum Gasteiger partial charge on any atom is -0.337 e. The van der Waals surface area contributed by atoms with Crippen molar-refractivity contribution in [2.45, 2.75) is 32.6 Å². The highest BCUT2D eigenvalue weighted by Gasteiger charge is 2.28. The summed E-state index contributed by atoms with van der Waals surface area (Å²) < 4.78 is 0. The minimum atomic E-state index is -0.190. The molecule has 1 aliphatic heterocycles. The van der Waals surface area contributed by atoms with E-state index in [2.05, 4.69) is 20.5 Å². The molecule has 2 amide bonds. The summed E-state index contributed by atoms with van der Waals surface area (Å²) in [5.74, 6) is -0.0220. The molecule has 7 nitrogen and oxygen atoms in total. The summed E-state index contributed by atoms with van der Waals surface area (Å²) in [6.45, 7) is 4.77. The number of carbonyl (C=O) groups excluding carboxylic acids is 2. The Bertz CT molecular complexity index is 723. The fraction of sp³-hybridized carbons (Fsp3) is 0.467. The van der Waals surface area contributed by atoms with Crippen LogP contribution in [-0.2, 0) is 4.79 Å². The quantitative estimate of drug-likeness (QED) is 0.900. The third kappa shape index (κ3) is 3.58. The molecule has 2 aromatic rings. The molecule has 0 saturated carbocycles. The predicted octanol–water partition coefficient (Wildman–Crippen LogP) is 2.15. The van der Waals surface area contributed by atoms with Crippen molar-refractivity contribution in [1.29, 1.82) is 0 Å². The van der Waals surface area contributed by atoms with Gasteiger partial charge in [-0.25, -0.2) is 4.98 Å². The minimum absolute atomic E-state index is 0.0881. The van der Waals surface area contributed by atoms with Gasteiger partial charge in [0.2, 0.25) is 5.91 Å². The Balaban J connectivity index is 1.69. The van der Waals surface area contributed by atoms with Gasteiger partial charge in [-0.3, -0.25) is 14.7 Å². The number of hydrogen-bond acceptors (Lipinski definition) is 5. The Hall–Kier alpha value is -2.22. The van der Waals surface area contributed by atoms with Crippen LogP contribution in [0.5, 0.6) is 0 Å². The van der Waals surface area contributed by atoms with Gasteiger partial charge in [-0.1, -0.05) is 0 Å². The lowest BCUT2D eigenvalue weighted by Gasteiger charge is -2.31. The molecule has 0 unspecified atom stereocenters. The molecule has 3 heterocycles. The number of aromatic nitrogens is 3. The largest absolute Gasteiger partial charge is 0.337 e. The van der Waals surface area contributed by atoms with E-state index in [9.17, 15) is 9.59 Å². The average Bonchev–Trinajstić information content (AvgIpc) is 3.15. The molecule has 1 aliphatic rings. The molecule has 8 heteroatoms. The van der Waals surface area contributed by atoms with Crippen molar-refractivity contribution >= 4 is 28.3 Å². The van der Waals surface area contributed by atoms with Crippen molar-refractivity contribution < 1.29 is 9.59 Å². The fourth-order valence-electron chi connectivity index (χ4n) is 2.79. The summed E-state index contributed by atoms with van der Waals surface area (Å²) in [6.07, 6.45) is 1.98. The van der Waals surface area contributed by atoms with E-state index in [-0.39, 0.29) is 17.7 Å². The van der Waals surface area contributed by atoms with Gasteiger partial charge in [-0.15, -0.1) is 11.3 Å². The van der Waals surface area contributed by atoms with Crippen LogP contribution in [0, 0.1) is 6.92 Å². The van der Waals surface area contributed by atoms with Crippen LogP contribution in [0.1, 0.15) is 47.6 Å². The Kier molecular flexibility index (Phi) is 4.42. The number of piperidine rings is 1. The standard InChI is InChI=1S/C15H19N5O2S/c1-9-6-12(19-18-9)11-4-3-5-20(7-11)14(22)13-8-23-15(17-13)16-10(2)21/h6,8,11H,3-5,7H2,1-2H3,(H,18,19)(H,16,17,21)/t11-/m1/s1. The van der Waals surface area contributed by atoms with Gasteiger partial charge in [0, 0.05) is 37.0 Å². The maximum atomic E-state index is 12.6. The molecule has 0 spiro atoms. The van der Waals surface area contributed by atoms with Crippen LogP contribution in [0.2, 0.25) is 0 Å². The lowest BCUT2D eigenvalue weighted by atomic mass is 9.94. The van der Waals surface area contributed by atoms with Gasteiger partial charge in [0.05, 0.1) is 5.69 Å². The SMILES string of the molecule is CC(=O)Nc1nc(C(=O)N2CCC[C@@H](c3cc(C)[nH]n3)C2)cs1. The van der Waals surface area contributed by atoms with E-state index in [1.165, 1.54) is 18.3 Å². The summed E-state index contributed by atoms with van der Waals surface area (Å²) in [6, 6.07) is 2.04. The summed E-state index contributed by atoms with van der Waals surface area (Å²) in [5.41, 5.74) is 2.43. The molecule has 3 rings (SSSR count). The first kappa shape index (κ1) is 15.7. The number of likely N-dealkylation sites (tertiary alicyclic amines) is 1. The van der Waals surface area contributed by atoms with E-state index in [1.807, 2.05) is 17.9 Å². The predicted molar refractivity (Wildman–Crippen MR) is 87.6 cm³/mol. The molecule has 1 atom stereocenters. The molecule has 2 N–H and O–H groups in total. The number of carbonyl (C=O) groups is 2. The first-order valence-electron chi connectivity index (χ1n) is 7.57. The van der Waals surface area contributed by atoms with Crippen molar-refractivity contribution in [1.82, 2.24) is 20.1 Å². The van der Waals surface area contributed by atoms with Gasteiger partial charge in [-0.05, 0) is 25.8 Å². The zero-order chi connectivity index (χ0) is 16.4. The lowest BCUT2D eigenvalue weighted by molar-refractivity contribution is -0.114. The van der Waals surface area contributed by atoms with E-state index in [4.69, 9.17) is 0 Å². The molecule has 23 heavy (non-hydrogen) atoms. The Labute approximate surface area is 138 Å². The highest BCUT2D eigenvalue weighted by molar-refractivity contribution is 7.14. The smallest absolute Gasteiger partial charge is 0.273 e.